The first-order valence-electron chi connectivity index (χ1n) is 10.1. The van der Waals surface area contributed by atoms with E-state index in [1.165, 1.54) is 19.3 Å². The quantitative estimate of drug-likeness (QED) is 0.725. The third-order valence-electron chi connectivity index (χ3n) is 5.47. The van der Waals surface area contributed by atoms with Gasteiger partial charge in [0.05, 0.1) is 30.6 Å². The molecule has 0 aliphatic heterocycles. The smallest absolute Gasteiger partial charge is 0.258 e. The molecule has 0 bridgehead atoms. The Balaban J connectivity index is 1.68. The van der Waals surface area contributed by atoms with Crippen molar-refractivity contribution in [2.24, 2.45) is 5.92 Å². The molecule has 1 amide bonds. The summed E-state index contributed by atoms with van der Waals surface area (Å²) in [6, 6.07) is 7.52. The lowest BCUT2D eigenvalue weighted by Crippen LogP contribution is -2.46. The second kappa shape index (κ2) is 9.80. The molecule has 2 aromatic rings. The summed E-state index contributed by atoms with van der Waals surface area (Å²) in [6.07, 6.45) is 4.63. The van der Waals surface area contributed by atoms with E-state index in [2.05, 4.69) is 22.2 Å². The van der Waals surface area contributed by atoms with Crippen molar-refractivity contribution in [1.29, 1.82) is 0 Å². The summed E-state index contributed by atoms with van der Waals surface area (Å²) in [5.41, 5.74) is 0.501. The maximum absolute atomic E-state index is 12.6. The fourth-order valence-electron chi connectivity index (χ4n) is 3.84. The van der Waals surface area contributed by atoms with Gasteiger partial charge < -0.3 is 15.0 Å². The van der Waals surface area contributed by atoms with Crippen LogP contribution >= 0.6 is 0 Å². The largest absolute Gasteiger partial charge is 0.383 e. The van der Waals surface area contributed by atoms with Crippen molar-refractivity contribution in [3.8, 4) is 0 Å². The van der Waals surface area contributed by atoms with Crippen LogP contribution in [0.1, 0.15) is 38.4 Å². The van der Waals surface area contributed by atoms with Crippen LogP contribution in [0.25, 0.3) is 10.9 Å². The Morgan fingerprint density at radius 3 is 2.89 bits per heavy atom. The molecule has 1 heterocycles. The fraction of sp³-hybridized carbons (Fsp3) is 0.571. The van der Waals surface area contributed by atoms with Gasteiger partial charge in [0.2, 0.25) is 5.91 Å². The first-order valence-corrected chi connectivity index (χ1v) is 10.1. The lowest BCUT2D eigenvalue weighted by atomic mass is 9.86. The number of amides is 1. The zero-order valence-electron chi connectivity index (χ0n) is 16.7. The van der Waals surface area contributed by atoms with Gasteiger partial charge in [-0.3, -0.25) is 14.5 Å². The molecule has 7 nitrogen and oxygen atoms in total. The monoisotopic (exact) mass is 386 g/mol. The molecule has 1 fully saturated rings. The number of fused-ring (bicyclic) bond motifs is 1. The number of nitrogens with zero attached hydrogens (tertiary/aromatic N) is 2. The van der Waals surface area contributed by atoms with Crippen molar-refractivity contribution in [3.63, 3.8) is 0 Å². The molecule has 1 aliphatic carbocycles. The normalized spacial score (nSPS) is 19.8. The van der Waals surface area contributed by atoms with Crippen LogP contribution in [0.4, 0.5) is 0 Å². The first-order chi connectivity index (χ1) is 13.6. The number of para-hydroxylation sites is 1. The Labute approximate surface area is 165 Å². The Kier molecular flexibility index (Phi) is 7.17. The van der Waals surface area contributed by atoms with E-state index in [4.69, 9.17) is 4.74 Å². The molecule has 1 aliphatic rings. The van der Waals surface area contributed by atoms with Crippen molar-refractivity contribution >= 4 is 16.8 Å². The molecule has 0 radical (unpaired) electrons. The zero-order valence-corrected chi connectivity index (χ0v) is 16.7. The van der Waals surface area contributed by atoms with E-state index in [9.17, 15) is 9.59 Å². The molecule has 0 unspecified atom stereocenters. The van der Waals surface area contributed by atoms with Crippen molar-refractivity contribution in [2.75, 3.05) is 26.8 Å². The van der Waals surface area contributed by atoms with Crippen LogP contribution in [0.2, 0.25) is 0 Å². The number of methoxy groups -OCH3 is 1. The molecule has 2 N–H and O–H groups in total. The van der Waals surface area contributed by atoms with Gasteiger partial charge in [0.1, 0.15) is 5.82 Å². The van der Waals surface area contributed by atoms with Crippen LogP contribution in [0.3, 0.4) is 0 Å². The molecule has 28 heavy (non-hydrogen) atoms. The average molecular weight is 386 g/mol. The summed E-state index contributed by atoms with van der Waals surface area (Å²) in [5.74, 6) is 1.08. The molecule has 7 heteroatoms. The average Bonchev–Trinajstić information content (AvgIpc) is 2.68. The standard InChI is InChI=1S/C21H30N4O3/c1-15-7-3-5-9-17(15)23-20(26)14-25(11-12-28-2)13-19-22-18-10-6-4-8-16(18)21(27)24-19/h4,6,8,10,15,17H,3,5,7,9,11-14H2,1-2H3,(H,23,26)(H,22,24,27)/t15-,17-/m0/s1. The summed E-state index contributed by atoms with van der Waals surface area (Å²) in [7, 11) is 1.64. The lowest BCUT2D eigenvalue weighted by Gasteiger charge is -2.30. The number of H-pyrrole nitrogens is 1. The van der Waals surface area contributed by atoms with E-state index < -0.39 is 0 Å². The highest BCUT2D eigenvalue weighted by atomic mass is 16.5. The first kappa shape index (κ1) is 20.5. The van der Waals surface area contributed by atoms with Gasteiger partial charge in [-0.15, -0.1) is 0 Å². The van der Waals surface area contributed by atoms with Crippen molar-refractivity contribution < 1.29 is 9.53 Å². The highest BCUT2D eigenvalue weighted by Gasteiger charge is 2.23. The molecule has 1 aromatic carbocycles. The van der Waals surface area contributed by atoms with Gasteiger partial charge in [0, 0.05) is 19.7 Å². The third kappa shape index (κ3) is 5.39. The number of hydrogen-bond donors (Lipinski definition) is 2. The van der Waals surface area contributed by atoms with E-state index in [-0.39, 0.29) is 24.1 Å². The topological polar surface area (TPSA) is 87.3 Å². The van der Waals surface area contributed by atoms with E-state index in [1.807, 2.05) is 23.1 Å². The summed E-state index contributed by atoms with van der Waals surface area (Å²) in [6.45, 7) is 3.93. The molecule has 1 aromatic heterocycles. The predicted molar refractivity (Wildman–Crippen MR) is 109 cm³/mol. The van der Waals surface area contributed by atoms with Crippen LogP contribution in [-0.4, -0.2) is 53.6 Å². The molecule has 3 rings (SSSR count). The number of carbonyl (C=O) groups is 1. The van der Waals surface area contributed by atoms with Crippen molar-refractivity contribution in [1.82, 2.24) is 20.2 Å². The number of aromatic amines is 1. The van der Waals surface area contributed by atoms with Crippen LogP contribution in [0, 0.1) is 5.92 Å². The second-order valence-corrected chi connectivity index (χ2v) is 7.67. The summed E-state index contributed by atoms with van der Waals surface area (Å²) < 4.78 is 5.19. The summed E-state index contributed by atoms with van der Waals surface area (Å²) >= 11 is 0. The number of ether oxygens (including phenoxy) is 1. The Hall–Kier alpha value is -2.25. The highest BCUT2D eigenvalue weighted by Crippen LogP contribution is 2.23. The highest BCUT2D eigenvalue weighted by molar-refractivity contribution is 5.78. The minimum Gasteiger partial charge on any atom is -0.383 e. The van der Waals surface area contributed by atoms with Gasteiger partial charge in [-0.25, -0.2) is 4.98 Å². The molecule has 2 atom stereocenters. The molecular weight excluding hydrogens is 356 g/mol. The number of hydrogen-bond acceptors (Lipinski definition) is 5. The van der Waals surface area contributed by atoms with Gasteiger partial charge >= 0.3 is 0 Å². The van der Waals surface area contributed by atoms with Crippen LogP contribution in [0.15, 0.2) is 29.1 Å². The van der Waals surface area contributed by atoms with Gasteiger partial charge in [-0.1, -0.05) is 31.9 Å². The third-order valence-corrected chi connectivity index (χ3v) is 5.47. The maximum atomic E-state index is 12.6. The van der Waals surface area contributed by atoms with Crippen LogP contribution in [0.5, 0.6) is 0 Å². The zero-order chi connectivity index (χ0) is 19.9. The second-order valence-electron chi connectivity index (χ2n) is 7.67. The molecule has 0 saturated heterocycles. The van der Waals surface area contributed by atoms with Crippen molar-refractivity contribution in [3.05, 3.63) is 40.4 Å². The minimum absolute atomic E-state index is 0.0120. The van der Waals surface area contributed by atoms with E-state index in [1.54, 1.807) is 13.2 Å². The number of benzene rings is 1. The lowest BCUT2D eigenvalue weighted by molar-refractivity contribution is -0.123. The summed E-state index contributed by atoms with van der Waals surface area (Å²) in [5, 5.41) is 3.76. The Bertz CT molecular complexity index is 851. The molecular formula is C21H30N4O3. The van der Waals surface area contributed by atoms with Gasteiger partial charge in [-0.2, -0.15) is 0 Å². The fourth-order valence-corrected chi connectivity index (χ4v) is 3.84. The van der Waals surface area contributed by atoms with Crippen LogP contribution in [-0.2, 0) is 16.1 Å². The number of nitrogens with one attached hydrogen (secondary N) is 2. The van der Waals surface area contributed by atoms with Gasteiger partial charge in [-0.05, 0) is 30.9 Å². The van der Waals surface area contributed by atoms with E-state index >= 15 is 0 Å². The molecule has 152 valence electrons. The number of carbonyl (C=O) groups excluding carboxylic acids is 1. The van der Waals surface area contributed by atoms with E-state index in [0.717, 1.165) is 6.42 Å². The van der Waals surface area contributed by atoms with Crippen LogP contribution < -0.4 is 10.9 Å². The van der Waals surface area contributed by atoms with Gasteiger partial charge in [0.25, 0.3) is 5.56 Å². The number of rotatable bonds is 8. The van der Waals surface area contributed by atoms with Gasteiger partial charge in [0.15, 0.2) is 0 Å². The number of aromatic nitrogens is 2. The van der Waals surface area contributed by atoms with E-state index in [0.29, 0.717) is 42.3 Å². The Morgan fingerprint density at radius 1 is 1.32 bits per heavy atom. The SMILES string of the molecule is COCCN(CC(=O)N[C@H]1CCCC[C@@H]1C)Cc1nc2ccccc2c(=O)[nH]1. The maximum Gasteiger partial charge on any atom is 0.258 e. The molecule has 1 saturated carbocycles. The summed E-state index contributed by atoms with van der Waals surface area (Å²) in [4.78, 5) is 34.3. The minimum atomic E-state index is -0.159. The molecule has 0 spiro atoms. The predicted octanol–water partition coefficient (Wildman–Crippen LogP) is 2.07. The Morgan fingerprint density at radius 2 is 2.11 bits per heavy atom. The van der Waals surface area contributed by atoms with Crippen molar-refractivity contribution in [2.45, 2.75) is 45.2 Å².